The summed E-state index contributed by atoms with van der Waals surface area (Å²) in [6.45, 7) is 7.97. The number of hydrogen-bond acceptors (Lipinski definition) is 1. The Balaban J connectivity index is 1.73. The topological polar surface area (TPSA) is 12.0 Å². The van der Waals surface area contributed by atoms with E-state index in [0.29, 0.717) is 5.92 Å². The first kappa shape index (κ1) is 15.8. The maximum atomic E-state index is 5.91. The zero-order chi connectivity index (χ0) is 15.1. The van der Waals surface area contributed by atoms with Gasteiger partial charge >= 0.3 is 0 Å². The smallest absolute Gasteiger partial charge is 0.0406 e. The maximum Gasteiger partial charge on any atom is 0.0406 e. The lowest BCUT2D eigenvalue weighted by Crippen LogP contribution is -2.22. The highest BCUT2D eigenvalue weighted by Gasteiger charge is 2.04. The van der Waals surface area contributed by atoms with Crippen molar-refractivity contribution >= 4 is 17.7 Å². The lowest BCUT2D eigenvalue weighted by molar-refractivity contribution is 0.615. The van der Waals surface area contributed by atoms with E-state index in [4.69, 9.17) is 11.6 Å². The van der Waals surface area contributed by atoms with Gasteiger partial charge in [0.2, 0.25) is 0 Å². The lowest BCUT2D eigenvalue weighted by atomic mass is 10.0. The number of rotatable bonds is 7. The van der Waals surface area contributed by atoms with E-state index in [-0.39, 0.29) is 0 Å². The minimum atomic E-state index is 0.491. The quantitative estimate of drug-likeness (QED) is 0.716. The Morgan fingerprint density at radius 2 is 1.76 bits per heavy atom. The predicted octanol–water partition coefficient (Wildman–Crippen LogP) is 4.92. The molecule has 21 heavy (non-hydrogen) atoms. The highest BCUT2D eigenvalue weighted by molar-refractivity contribution is 6.30. The number of benzene rings is 2. The van der Waals surface area contributed by atoms with Crippen molar-refractivity contribution in [3.05, 3.63) is 76.8 Å². The summed E-state index contributed by atoms with van der Waals surface area (Å²) in [7, 11) is 0. The molecule has 0 aliphatic heterocycles. The third kappa shape index (κ3) is 5.04. The molecule has 0 aliphatic carbocycles. The van der Waals surface area contributed by atoms with Crippen molar-refractivity contribution in [2.24, 2.45) is 0 Å². The van der Waals surface area contributed by atoms with Crippen LogP contribution in [0, 0.1) is 0 Å². The van der Waals surface area contributed by atoms with Crippen LogP contribution in [0.3, 0.4) is 0 Å². The molecule has 0 heterocycles. The van der Waals surface area contributed by atoms with Crippen LogP contribution in [-0.2, 0) is 6.42 Å². The largest absolute Gasteiger partial charge is 0.316 e. The van der Waals surface area contributed by atoms with E-state index in [1.54, 1.807) is 0 Å². The Morgan fingerprint density at radius 3 is 2.38 bits per heavy atom. The van der Waals surface area contributed by atoms with Crippen LogP contribution >= 0.6 is 11.6 Å². The second-order valence-electron chi connectivity index (χ2n) is 5.35. The summed E-state index contributed by atoms with van der Waals surface area (Å²) in [5, 5.41) is 4.32. The van der Waals surface area contributed by atoms with E-state index >= 15 is 0 Å². The summed E-state index contributed by atoms with van der Waals surface area (Å²) >= 11 is 5.91. The van der Waals surface area contributed by atoms with E-state index in [2.05, 4.69) is 55.2 Å². The first-order chi connectivity index (χ1) is 10.2. The zero-order valence-electron chi connectivity index (χ0n) is 12.5. The Morgan fingerprint density at radius 1 is 1.10 bits per heavy atom. The van der Waals surface area contributed by atoms with Gasteiger partial charge in [-0.05, 0) is 47.7 Å². The van der Waals surface area contributed by atoms with Gasteiger partial charge in [0.05, 0.1) is 0 Å². The third-order valence-electron chi connectivity index (χ3n) is 3.70. The Bertz CT molecular complexity index is 557. The van der Waals surface area contributed by atoms with Crippen LogP contribution in [0.15, 0.2) is 55.1 Å². The summed E-state index contributed by atoms with van der Waals surface area (Å²) in [6, 6.07) is 16.7. The molecule has 0 aromatic heterocycles. The molecule has 0 radical (unpaired) electrons. The Labute approximate surface area is 132 Å². The molecule has 2 aromatic carbocycles. The van der Waals surface area contributed by atoms with Crippen molar-refractivity contribution in [1.82, 2.24) is 5.32 Å². The molecule has 2 aromatic rings. The molecule has 0 saturated carbocycles. The van der Waals surface area contributed by atoms with Crippen molar-refractivity contribution in [1.29, 1.82) is 0 Å². The van der Waals surface area contributed by atoms with Crippen molar-refractivity contribution in [2.45, 2.75) is 19.3 Å². The van der Waals surface area contributed by atoms with Crippen LogP contribution in [0.5, 0.6) is 0 Å². The fraction of sp³-hybridized carbons (Fsp3) is 0.263. The van der Waals surface area contributed by atoms with Crippen molar-refractivity contribution in [2.75, 3.05) is 13.1 Å². The van der Waals surface area contributed by atoms with Gasteiger partial charge in [-0.15, -0.1) is 0 Å². The molecule has 2 rings (SSSR count). The predicted molar refractivity (Wildman–Crippen MR) is 93.0 cm³/mol. The number of hydrogen-bond donors (Lipinski definition) is 1. The molecule has 2 heteroatoms. The molecule has 0 aliphatic rings. The third-order valence-corrected chi connectivity index (χ3v) is 3.95. The van der Waals surface area contributed by atoms with Crippen LogP contribution in [-0.4, -0.2) is 13.1 Å². The molecule has 1 nitrogen and oxygen atoms in total. The van der Waals surface area contributed by atoms with Crippen LogP contribution in [0.4, 0.5) is 0 Å². The number of halogens is 1. The van der Waals surface area contributed by atoms with Gasteiger partial charge in [-0.3, -0.25) is 0 Å². The fourth-order valence-corrected chi connectivity index (χ4v) is 2.41. The highest BCUT2D eigenvalue weighted by Crippen LogP contribution is 2.17. The number of nitrogens with one attached hydrogen (secondary N) is 1. The van der Waals surface area contributed by atoms with Crippen LogP contribution in [0.1, 0.15) is 29.5 Å². The SMILES string of the molecule is C=Cc1ccc(CCNCC(C)c2ccc(Cl)cc2)cc1. The molecule has 0 fully saturated rings. The fourth-order valence-electron chi connectivity index (χ4n) is 2.28. The minimum absolute atomic E-state index is 0.491. The molecule has 0 amide bonds. The summed E-state index contributed by atoms with van der Waals surface area (Å²) in [6.07, 6.45) is 2.92. The average Bonchev–Trinajstić information content (AvgIpc) is 2.52. The summed E-state index contributed by atoms with van der Waals surface area (Å²) in [5.41, 5.74) is 3.84. The maximum absolute atomic E-state index is 5.91. The molecule has 1 atom stereocenters. The summed E-state index contributed by atoms with van der Waals surface area (Å²) in [5.74, 6) is 0.491. The molecule has 1 unspecified atom stereocenters. The van der Waals surface area contributed by atoms with E-state index in [0.717, 1.165) is 24.5 Å². The molecule has 0 saturated heterocycles. The first-order valence-electron chi connectivity index (χ1n) is 7.36. The molecular weight excluding hydrogens is 278 g/mol. The van der Waals surface area contributed by atoms with Crippen molar-refractivity contribution in [3.8, 4) is 0 Å². The van der Waals surface area contributed by atoms with E-state index < -0.39 is 0 Å². The minimum Gasteiger partial charge on any atom is -0.316 e. The molecule has 0 bridgehead atoms. The monoisotopic (exact) mass is 299 g/mol. The second kappa shape index (κ2) is 8.02. The lowest BCUT2D eigenvalue weighted by Gasteiger charge is -2.13. The van der Waals surface area contributed by atoms with Gasteiger partial charge in [-0.1, -0.05) is 67.6 Å². The van der Waals surface area contributed by atoms with E-state index in [9.17, 15) is 0 Å². The Kier molecular flexibility index (Phi) is 6.04. The zero-order valence-corrected chi connectivity index (χ0v) is 13.2. The van der Waals surface area contributed by atoms with Crippen molar-refractivity contribution in [3.63, 3.8) is 0 Å². The second-order valence-corrected chi connectivity index (χ2v) is 5.79. The van der Waals surface area contributed by atoms with Gasteiger partial charge in [-0.25, -0.2) is 0 Å². The van der Waals surface area contributed by atoms with Gasteiger partial charge in [0.25, 0.3) is 0 Å². The molecule has 110 valence electrons. The highest BCUT2D eigenvalue weighted by atomic mass is 35.5. The van der Waals surface area contributed by atoms with Crippen LogP contribution in [0.25, 0.3) is 6.08 Å². The van der Waals surface area contributed by atoms with E-state index in [1.807, 2.05) is 18.2 Å². The Hall–Kier alpha value is -1.57. The van der Waals surface area contributed by atoms with E-state index in [1.165, 1.54) is 16.7 Å². The molecule has 1 N–H and O–H groups in total. The normalized spacial score (nSPS) is 12.1. The van der Waals surface area contributed by atoms with Gasteiger partial charge in [0.15, 0.2) is 0 Å². The van der Waals surface area contributed by atoms with Crippen LogP contribution in [0.2, 0.25) is 5.02 Å². The van der Waals surface area contributed by atoms with Gasteiger partial charge in [0, 0.05) is 11.6 Å². The summed E-state index contributed by atoms with van der Waals surface area (Å²) in [4.78, 5) is 0. The standard InChI is InChI=1S/C19H22ClN/c1-3-16-4-6-17(7-5-16)12-13-21-14-15(2)18-8-10-19(20)11-9-18/h3-11,15,21H,1,12-14H2,2H3. The average molecular weight is 300 g/mol. The van der Waals surface area contributed by atoms with Crippen molar-refractivity contribution < 1.29 is 0 Å². The van der Waals surface area contributed by atoms with Crippen LogP contribution < -0.4 is 5.32 Å². The summed E-state index contributed by atoms with van der Waals surface area (Å²) < 4.78 is 0. The van der Waals surface area contributed by atoms with Gasteiger partial charge in [0.1, 0.15) is 0 Å². The molecule has 0 spiro atoms. The van der Waals surface area contributed by atoms with Gasteiger partial charge < -0.3 is 5.32 Å². The molecular formula is C19H22ClN. The first-order valence-corrected chi connectivity index (χ1v) is 7.74. The van der Waals surface area contributed by atoms with Gasteiger partial charge in [-0.2, -0.15) is 0 Å².